The maximum Gasteiger partial charge on any atom is 0.146 e. The van der Waals surface area contributed by atoms with Crippen molar-refractivity contribution in [2.24, 2.45) is 35.0 Å². The van der Waals surface area contributed by atoms with Crippen LogP contribution in [0.5, 0.6) is 0 Å². The van der Waals surface area contributed by atoms with Crippen LogP contribution in [0.2, 0.25) is 0 Å². The molecule has 3 nitrogen and oxygen atoms in total. The van der Waals surface area contributed by atoms with Crippen molar-refractivity contribution >= 4 is 5.78 Å². The topological polar surface area (TPSA) is 35.5 Å². The van der Waals surface area contributed by atoms with Crippen LogP contribution in [0, 0.1) is 35.0 Å². The Labute approximate surface area is 140 Å². The van der Waals surface area contributed by atoms with Gasteiger partial charge in [-0.05, 0) is 81.0 Å². The van der Waals surface area contributed by atoms with Gasteiger partial charge >= 0.3 is 0 Å². The van der Waals surface area contributed by atoms with Crippen molar-refractivity contribution in [2.45, 2.75) is 70.8 Å². The van der Waals surface area contributed by atoms with Gasteiger partial charge in [-0.1, -0.05) is 6.92 Å². The SMILES string of the molecule is COCO[C@H]1CC[C@H]2[C@H](CC[C@@H]3[C@@H]2CC[C@]2(C)C(=O)CC[C@@H]32)C1. The summed E-state index contributed by atoms with van der Waals surface area (Å²) in [7, 11) is 1.71. The number of ketones is 1. The van der Waals surface area contributed by atoms with Gasteiger partial charge < -0.3 is 9.47 Å². The number of fused-ring (bicyclic) bond motifs is 5. The first-order chi connectivity index (χ1) is 11.1. The van der Waals surface area contributed by atoms with Gasteiger partial charge in [-0.2, -0.15) is 0 Å². The lowest BCUT2D eigenvalue weighted by molar-refractivity contribution is -0.136. The molecule has 0 N–H and O–H groups in total. The molecular formula is C20H32O3. The minimum Gasteiger partial charge on any atom is -0.359 e. The fraction of sp³-hybridized carbons (Fsp3) is 0.950. The quantitative estimate of drug-likeness (QED) is 0.731. The summed E-state index contributed by atoms with van der Waals surface area (Å²) in [4.78, 5) is 12.4. The number of carbonyl (C=O) groups excluding carboxylic acids is 1. The van der Waals surface area contributed by atoms with E-state index in [-0.39, 0.29) is 5.41 Å². The molecule has 23 heavy (non-hydrogen) atoms. The Bertz CT molecular complexity index is 462. The highest BCUT2D eigenvalue weighted by Crippen LogP contribution is 2.61. The van der Waals surface area contributed by atoms with Gasteiger partial charge in [0, 0.05) is 18.9 Å². The molecule has 0 aromatic rings. The standard InChI is InChI=1S/C20H32O3/c1-20-10-9-16-15-6-4-14(23-12-22-2)11-13(15)3-5-17(16)18(20)7-8-19(20)21/h13-18H,3-12H2,1-2H3/t13-,14+,15+,16-,17-,18+,20+/m1/s1. The lowest BCUT2D eigenvalue weighted by Crippen LogP contribution is -2.49. The van der Waals surface area contributed by atoms with Crippen LogP contribution in [0.4, 0.5) is 0 Å². The third-order valence-electron chi connectivity index (χ3n) is 8.04. The second kappa shape index (κ2) is 6.15. The van der Waals surface area contributed by atoms with Crippen molar-refractivity contribution in [1.29, 1.82) is 0 Å². The Morgan fingerprint density at radius 2 is 1.87 bits per heavy atom. The Balaban J connectivity index is 1.45. The predicted molar refractivity (Wildman–Crippen MR) is 88.9 cm³/mol. The highest BCUT2D eigenvalue weighted by Gasteiger charge is 2.56. The summed E-state index contributed by atoms with van der Waals surface area (Å²) in [6.45, 7) is 2.72. The van der Waals surface area contributed by atoms with Gasteiger partial charge in [0.15, 0.2) is 0 Å². The van der Waals surface area contributed by atoms with Crippen molar-refractivity contribution in [2.75, 3.05) is 13.9 Å². The van der Waals surface area contributed by atoms with Crippen molar-refractivity contribution in [3.63, 3.8) is 0 Å². The largest absolute Gasteiger partial charge is 0.359 e. The van der Waals surface area contributed by atoms with Crippen LogP contribution >= 0.6 is 0 Å². The zero-order valence-electron chi connectivity index (χ0n) is 14.8. The third kappa shape index (κ3) is 2.59. The van der Waals surface area contributed by atoms with Crippen LogP contribution < -0.4 is 0 Å². The first-order valence-electron chi connectivity index (χ1n) is 9.77. The highest BCUT2D eigenvalue weighted by molar-refractivity contribution is 5.87. The van der Waals surface area contributed by atoms with Crippen LogP contribution in [-0.2, 0) is 14.3 Å². The van der Waals surface area contributed by atoms with E-state index in [4.69, 9.17) is 9.47 Å². The molecule has 4 fully saturated rings. The molecule has 0 radical (unpaired) electrons. The molecule has 0 amide bonds. The van der Waals surface area contributed by atoms with E-state index >= 15 is 0 Å². The van der Waals surface area contributed by atoms with Crippen molar-refractivity contribution in [3.05, 3.63) is 0 Å². The van der Waals surface area contributed by atoms with E-state index in [1.54, 1.807) is 7.11 Å². The summed E-state index contributed by atoms with van der Waals surface area (Å²) in [5, 5.41) is 0. The van der Waals surface area contributed by atoms with Gasteiger partial charge in [-0.3, -0.25) is 4.79 Å². The van der Waals surface area contributed by atoms with E-state index in [1.165, 1.54) is 44.9 Å². The van der Waals surface area contributed by atoms with Crippen LogP contribution in [0.15, 0.2) is 0 Å². The van der Waals surface area contributed by atoms with Crippen LogP contribution in [0.1, 0.15) is 64.7 Å². The number of carbonyl (C=O) groups is 1. The van der Waals surface area contributed by atoms with Crippen molar-refractivity contribution < 1.29 is 14.3 Å². The molecule has 4 rings (SSSR count). The maximum absolute atomic E-state index is 12.4. The molecule has 130 valence electrons. The highest BCUT2D eigenvalue weighted by atomic mass is 16.7. The summed E-state index contributed by atoms with van der Waals surface area (Å²) in [5.74, 6) is 4.74. The first-order valence-corrected chi connectivity index (χ1v) is 9.77. The molecule has 4 saturated carbocycles. The molecule has 0 heterocycles. The van der Waals surface area contributed by atoms with E-state index in [1.807, 2.05) is 0 Å². The molecule has 0 aliphatic heterocycles. The van der Waals surface area contributed by atoms with Gasteiger partial charge in [-0.25, -0.2) is 0 Å². The van der Waals surface area contributed by atoms with E-state index < -0.39 is 0 Å². The monoisotopic (exact) mass is 320 g/mol. The van der Waals surface area contributed by atoms with Crippen LogP contribution in [-0.4, -0.2) is 25.8 Å². The molecule has 0 spiro atoms. The van der Waals surface area contributed by atoms with Gasteiger partial charge in [-0.15, -0.1) is 0 Å². The van der Waals surface area contributed by atoms with E-state index in [0.717, 1.165) is 36.5 Å². The second-order valence-corrected chi connectivity index (χ2v) is 8.86. The molecule has 4 aliphatic carbocycles. The lowest BCUT2D eigenvalue weighted by Gasteiger charge is -2.54. The Morgan fingerprint density at radius 3 is 2.70 bits per heavy atom. The fourth-order valence-electron chi connectivity index (χ4n) is 6.90. The first kappa shape index (κ1) is 16.1. The summed E-state index contributed by atoms with van der Waals surface area (Å²) < 4.78 is 10.9. The smallest absolute Gasteiger partial charge is 0.146 e. The number of rotatable bonds is 3. The van der Waals surface area contributed by atoms with Gasteiger partial charge in [0.25, 0.3) is 0 Å². The number of Topliss-reactive ketones (excluding diaryl/α,β-unsaturated/α-hetero) is 1. The average molecular weight is 320 g/mol. The van der Waals surface area contributed by atoms with Crippen molar-refractivity contribution in [3.8, 4) is 0 Å². The molecule has 0 unspecified atom stereocenters. The molecule has 0 aromatic heterocycles. The normalized spacial score (nSPS) is 49.4. The summed E-state index contributed by atoms with van der Waals surface area (Å²) in [6, 6.07) is 0. The number of hydrogen-bond donors (Lipinski definition) is 0. The fourth-order valence-corrected chi connectivity index (χ4v) is 6.90. The minimum atomic E-state index is 0.0345. The van der Waals surface area contributed by atoms with E-state index in [0.29, 0.717) is 24.6 Å². The van der Waals surface area contributed by atoms with Crippen LogP contribution in [0.25, 0.3) is 0 Å². The molecule has 0 bridgehead atoms. The average Bonchev–Trinajstić information content (AvgIpc) is 2.88. The minimum absolute atomic E-state index is 0.0345. The number of methoxy groups -OCH3 is 1. The molecule has 7 atom stereocenters. The van der Waals surface area contributed by atoms with Gasteiger partial charge in [0.1, 0.15) is 12.6 Å². The summed E-state index contributed by atoms with van der Waals surface area (Å²) >= 11 is 0. The van der Waals surface area contributed by atoms with E-state index in [9.17, 15) is 4.79 Å². The Hall–Kier alpha value is -0.410. The molecule has 4 aliphatic rings. The number of ether oxygens (including phenoxy) is 2. The lowest BCUT2D eigenvalue weighted by atomic mass is 9.50. The zero-order valence-corrected chi connectivity index (χ0v) is 14.8. The predicted octanol–water partition coefficient (Wildman–Crippen LogP) is 4.20. The molecule has 3 heteroatoms. The molecular weight excluding hydrogens is 288 g/mol. The Kier molecular flexibility index (Phi) is 4.30. The Morgan fingerprint density at radius 1 is 1.04 bits per heavy atom. The molecule has 0 aromatic carbocycles. The van der Waals surface area contributed by atoms with Crippen molar-refractivity contribution in [1.82, 2.24) is 0 Å². The van der Waals surface area contributed by atoms with E-state index in [2.05, 4.69) is 6.92 Å². The maximum atomic E-state index is 12.4. The molecule has 0 saturated heterocycles. The number of hydrogen-bond acceptors (Lipinski definition) is 3. The summed E-state index contributed by atoms with van der Waals surface area (Å²) in [6.07, 6.45) is 11.4. The summed E-state index contributed by atoms with van der Waals surface area (Å²) in [5.41, 5.74) is 0.0345. The third-order valence-corrected chi connectivity index (χ3v) is 8.04. The van der Waals surface area contributed by atoms with Gasteiger partial charge in [0.2, 0.25) is 0 Å². The van der Waals surface area contributed by atoms with Gasteiger partial charge in [0.05, 0.1) is 6.10 Å². The zero-order chi connectivity index (χ0) is 16.0. The van der Waals surface area contributed by atoms with Crippen LogP contribution in [0.3, 0.4) is 0 Å². The second-order valence-electron chi connectivity index (χ2n) is 8.86.